The predicted molar refractivity (Wildman–Crippen MR) is 82.0 cm³/mol. The quantitative estimate of drug-likeness (QED) is 0.783. The van der Waals surface area contributed by atoms with E-state index in [2.05, 4.69) is 4.72 Å². The molecular formula is C15H18N2O4S. The lowest BCUT2D eigenvalue weighted by atomic mass is 10.2. The van der Waals surface area contributed by atoms with Crippen molar-refractivity contribution in [2.75, 3.05) is 6.54 Å². The number of carbonyl (C=O) groups is 1. The first kappa shape index (κ1) is 16.4. The van der Waals surface area contributed by atoms with Crippen LogP contribution in [0.2, 0.25) is 0 Å². The summed E-state index contributed by atoms with van der Waals surface area (Å²) in [5.74, 6) is -0.208. The second kappa shape index (κ2) is 6.43. The van der Waals surface area contributed by atoms with Crippen LogP contribution in [0.1, 0.15) is 29.1 Å². The van der Waals surface area contributed by atoms with E-state index in [1.807, 2.05) is 0 Å². The molecule has 2 aromatic rings. The molecule has 1 aromatic heterocycles. The van der Waals surface area contributed by atoms with Gasteiger partial charge in [0.2, 0.25) is 10.0 Å². The Morgan fingerprint density at radius 2 is 2.05 bits per heavy atom. The molecule has 1 unspecified atom stereocenters. The zero-order valence-electron chi connectivity index (χ0n) is 12.4. The highest BCUT2D eigenvalue weighted by Gasteiger charge is 2.18. The molecule has 1 aromatic carbocycles. The molecule has 7 heteroatoms. The molecule has 0 bridgehead atoms. The molecule has 118 valence electrons. The van der Waals surface area contributed by atoms with E-state index in [1.54, 1.807) is 36.0 Å². The number of sulfonamides is 1. The molecule has 0 aliphatic heterocycles. The number of rotatable bonds is 6. The van der Waals surface area contributed by atoms with E-state index in [0.717, 1.165) is 0 Å². The summed E-state index contributed by atoms with van der Waals surface area (Å²) >= 11 is 0. The second-order valence-electron chi connectivity index (χ2n) is 5.00. The van der Waals surface area contributed by atoms with Crippen molar-refractivity contribution >= 4 is 15.8 Å². The number of aliphatic hydroxyl groups is 1. The fourth-order valence-corrected chi connectivity index (χ4v) is 3.16. The Morgan fingerprint density at radius 3 is 2.64 bits per heavy atom. The largest absolute Gasteiger partial charge is 0.386 e. The van der Waals surface area contributed by atoms with Crippen LogP contribution >= 0.6 is 0 Å². The Hall–Kier alpha value is -1.96. The molecule has 6 nitrogen and oxygen atoms in total. The highest BCUT2D eigenvalue weighted by molar-refractivity contribution is 7.89. The molecule has 0 radical (unpaired) electrons. The van der Waals surface area contributed by atoms with Crippen LogP contribution < -0.4 is 4.72 Å². The van der Waals surface area contributed by atoms with Crippen LogP contribution in [0.15, 0.2) is 47.5 Å². The SMILES string of the molecule is CC(=O)c1cccc(S(=O)(=O)NCC(O)c2cccn2C)c1. The van der Waals surface area contributed by atoms with Crippen LogP contribution in [-0.4, -0.2) is 30.4 Å². The Balaban J connectivity index is 2.13. The van der Waals surface area contributed by atoms with E-state index in [4.69, 9.17) is 0 Å². The van der Waals surface area contributed by atoms with Gasteiger partial charge in [-0.3, -0.25) is 4.79 Å². The number of carbonyl (C=O) groups excluding carboxylic acids is 1. The third kappa shape index (κ3) is 3.62. The summed E-state index contributed by atoms with van der Waals surface area (Å²) in [4.78, 5) is 11.3. The van der Waals surface area contributed by atoms with Gasteiger partial charge in [-0.15, -0.1) is 0 Å². The number of hydrogen-bond donors (Lipinski definition) is 2. The maximum atomic E-state index is 12.2. The molecule has 0 aliphatic carbocycles. The molecule has 2 N–H and O–H groups in total. The molecule has 2 rings (SSSR count). The number of ketones is 1. The summed E-state index contributed by atoms with van der Waals surface area (Å²) in [5.41, 5.74) is 0.936. The monoisotopic (exact) mass is 322 g/mol. The Morgan fingerprint density at radius 1 is 1.32 bits per heavy atom. The van der Waals surface area contributed by atoms with Crippen molar-refractivity contribution < 1.29 is 18.3 Å². The van der Waals surface area contributed by atoms with Crippen molar-refractivity contribution in [3.63, 3.8) is 0 Å². The number of aryl methyl sites for hydroxylation is 1. The summed E-state index contributed by atoms with van der Waals surface area (Å²) in [6, 6.07) is 9.28. The molecule has 0 spiro atoms. The molecule has 0 saturated carbocycles. The second-order valence-corrected chi connectivity index (χ2v) is 6.76. The third-order valence-electron chi connectivity index (χ3n) is 3.34. The van der Waals surface area contributed by atoms with Crippen LogP contribution in [0.25, 0.3) is 0 Å². The first-order chi connectivity index (χ1) is 10.3. The van der Waals surface area contributed by atoms with Gasteiger partial charge in [-0.05, 0) is 31.2 Å². The summed E-state index contributed by atoms with van der Waals surface area (Å²) in [6.07, 6.45) is 0.814. The first-order valence-corrected chi connectivity index (χ1v) is 8.19. The lowest BCUT2D eigenvalue weighted by Gasteiger charge is -2.13. The van der Waals surface area contributed by atoms with Gasteiger partial charge in [0, 0.05) is 31.0 Å². The van der Waals surface area contributed by atoms with Gasteiger partial charge >= 0.3 is 0 Å². The van der Waals surface area contributed by atoms with Gasteiger partial charge in [0.1, 0.15) is 6.10 Å². The van der Waals surface area contributed by atoms with Gasteiger partial charge in [0.25, 0.3) is 0 Å². The van der Waals surface area contributed by atoms with E-state index in [0.29, 0.717) is 11.3 Å². The standard InChI is InChI=1S/C15H18N2O4S/c1-11(18)12-5-3-6-13(9-12)22(20,21)16-10-15(19)14-7-4-8-17(14)2/h3-9,15-16,19H,10H2,1-2H3. The maximum absolute atomic E-state index is 12.2. The summed E-state index contributed by atoms with van der Waals surface area (Å²) in [7, 11) is -2.02. The van der Waals surface area contributed by atoms with Gasteiger partial charge in [-0.25, -0.2) is 13.1 Å². The van der Waals surface area contributed by atoms with Crippen LogP contribution in [0.4, 0.5) is 0 Å². The van der Waals surface area contributed by atoms with Crippen molar-refractivity contribution in [1.82, 2.24) is 9.29 Å². The van der Waals surface area contributed by atoms with Gasteiger partial charge in [-0.2, -0.15) is 0 Å². The van der Waals surface area contributed by atoms with E-state index < -0.39 is 16.1 Å². The van der Waals surface area contributed by atoms with E-state index in [1.165, 1.54) is 25.1 Å². The van der Waals surface area contributed by atoms with Crippen LogP contribution in [0, 0.1) is 0 Å². The van der Waals surface area contributed by atoms with Crippen LogP contribution in [0.5, 0.6) is 0 Å². The summed E-state index contributed by atoms with van der Waals surface area (Å²) in [5, 5.41) is 10.0. The van der Waals surface area contributed by atoms with Crippen LogP contribution in [0.3, 0.4) is 0 Å². The molecule has 0 amide bonds. The fraction of sp³-hybridized carbons (Fsp3) is 0.267. The molecule has 0 fully saturated rings. The average Bonchev–Trinajstić information content (AvgIpc) is 2.91. The highest BCUT2D eigenvalue weighted by Crippen LogP contribution is 2.15. The first-order valence-electron chi connectivity index (χ1n) is 6.71. The molecule has 1 heterocycles. The summed E-state index contributed by atoms with van der Waals surface area (Å²) in [6.45, 7) is 1.23. The minimum atomic E-state index is -3.79. The van der Waals surface area contributed by atoms with Crippen molar-refractivity contribution in [2.45, 2.75) is 17.9 Å². The molecule has 22 heavy (non-hydrogen) atoms. The number of aromatic nitrogens is 1. The zero-order valence-corrected chi connectivity index (χ0v) is 13.2. The van der Waals surface area contributed by atoms with Crippen molar-refractivity contribution in [3.8, 4) is 0 Å². The molecular weight excluding hydrogens is 304 g/mol. The number of nitrogens with zero attached hydrogens (tertiary/aromatic N) is 1. The van der Waals surface area contributed by atoms with Crippen molar-refractivity contribution in [2.24, 2.45) is 7.05 Å². The van der Waals surface area contributed by atoms with Crippen molar-refractivity contribution in [3.05, 3.63) is 53.9 Å². The zero-order chi connectivity index (χ0) is 16.3. The highest BCUT2D eigenvalue weighted by atomic mass is 32.2. The third-order valence-corrected chi connectivity index (χ3v) is 4.76. The smallest absolute Gasteiger partial charge is 0.240 e. The average molecular weight is 322 g/mol. The van der Waals surface area contributed by atoms with Crippen LogP contribution in [-0.2, 0) is 17.1 Å². The van der Waals surface area contributed by atoms with Gasteiger partial charge < -0.3 is 9.67 Å². The minimum Gasteiger partial charge on any atom is -0.386 e. The van der Waals surface area contributed by atoms with E-state index in [9.17, 15) is 18.3 Å². The number of benzene rings is 1. The summed E-state index contributed by atoms with van der Waals surface area (Å²) < 4.78 is 28.5. The molecule has 0 aliphatic rings. The number of aliphatic hydroxyl groups excluding tert-OH is 1. The van der Waals surface area contributed by atoms with Gasteiger partial charge in [0.05, 0.1) is 4.90 Å². The number of Topliss-reactive ketones (excluding diaryl/α,β-unsaturated/α-hetero) is 1. The van der Waals surface area contributed by atoms with Gasteiger partial charge in [-0.1, -0.05) is 12.1 Å². The minimum absolute atomic E-state index is 0.000666. The molecule has 1 atom stereocenters. The number of nitrogens with one attached hydrogen (secondary N) is 1. The van der Waals surface area contributed by atoms with Crippen molar-refractivity contribution in [1.29, 1.82) is 0 Å². The Labute approximate surface area is 129 Å². The normalized spacial score (nSPS) is 13.0. The maximum Gasteiger partial charge on any atom is 0.240 e. The topological polar surface area (TPSA) is 88.4 Å². The lowest BCUT2D eigenvalue weighted by Crippen LogP contribution is -2.29. The van der Waals surface area contributed by atoms with E-state index >= 15 is 0 Å². The van der Waals surface area contributed by atoms with Gasteiger partial charge in [0.15, 0.2) is 5.78 Å². The lowest BCUT2D eigenvalue weighted by molar-refractivity contribution is 0.101. The predicted octanol–water partition coefficient (Wildman–Crippen LogP) is 1.24. The fourth-order valence-electron chi connectivity index (χ4n) is 2.08. The Bertz CT molecular complexity index is 780. The van der Waals surface area contributed by atoms with E-state index in [-0.39, 0.29) is 17.2 Å². The molecule has 0 saturated heterocycles. The Kier molecular flexibility index (Phi) is 4.80. The number of hydrogen-bond acceptors (Lipinski definition) is 4.